The Labute approximate surface area is 248 Å². The Morgan fingerprint density at radius 3 is 2.58 bits per heavy atom. The molecule has 6 rings (SSSR count). The molecule has 43 heavy (non-hydrogen) atoms. The smallest absolute Gasteiger partial charge is 0.282 e. The highest BCUT2D eigenvalue weighted by atomic mass is 32.7. The molecule has 0 aromatic carbocycles. The summed E-state index contributed by atoms with van der Waals surface area (Å²) in [6.07, 6.45) is -7.46. The first-order valence-corrected chi connectivity index (χ1v) is 17.8. The van der Waals surface area contributed by atoms with Crippen molar-refractivity contribution in [2.75, 3.05) is 18.9 Å². The first-order chi connectivity index (χ1) is 20.5. The van der Waals surface area contributed by atoms with Gasteiger partial charge in [-0.1, -0.05) is 34.9 Å². The number of nitrogens with zero attached hydrogens (tertiary/aromatic N) is 8. The number of rotatable bonds is 9. The van der Waals surface area contributed by atoms with Gasteiger partial charge in [-0.15, -0.1) is 10.2 Å². The molecule has 0 bridgehead atoms. The summed E-state index contributed by atoms with van der Waals surface area (Å²) >= 11 is 8.03. The molecule has 2 aliphatic rings. The third-order valence-electron chi connectivity index (χ3n) is 6.82. The highest BCUT2D eigenvalue weighted by Crippen LogP contribution is 2.63. The maximum atomic E-state index is 15.7. The lowest BCUT2D eigenvalue weighted by molar-refractivity contribution is -0.0447. The molecular formula is C18H22FN11O9P2S2. The van der Waals surface area contributed by atoms with E-state index in [0.29, 0.717) is 0 Å². The molecule has 2 aliphatic heterocycles. The summed E-state index contributed by atoms with van der Waals surface area (Å²) in [5.41, 5.74) is 2.77. The van der Waals surface area contributed by atoms with Gasteiger partial charge in [-0.2, -0.15) is 14.3 Å². The largest absolute Gasteiger partial charge is 0.394 e. The fraction of sp³-hybridized carbons (Fsp3) is 0.556. The minimum atomic E-state index is -4.06. The van der Waals surface area contributed by atoms with E-state index >= 15 is 4.39 Å². The Bertz CT molecular complexity index is 1870. The van der Waals surface area contributed by atoms with Crippen molar-refractivity contribution in [1.29, 1.82) is 0 Å². The highest BCUT2D eigenvalue weighted by Gasteiger charge is 2.52. The summed E-state index contributed by atoms with van der Waals surface area (Å²) in [4.78, 5) is 36.9. The molecule has 2 fully saturated rings. The van der Waals surface area contributed by atoms with Crippen molar-refractivity contribution in [3.05, 3.63) is 27.0 Å². The Morgan fingerprint density at radius 2 is 1.88 bits per heavy atom. The number of thiol groups is 2. The standard InChI is InChI=1S/C18H22FN11O9P2S2/c19-8-11(39-40(34)42)6(38-17(8)29-12-9(25-27-29)14(32)22-4-21-12)3-36-41(35,43)7-1-5(2-31)37-16(7)30-13-10(26-28-30)15(33)24-18(20)23-13/h4-8,11,16-17,31,40H,1-3H2,(H,34,42)(H,35,43)(H,21,22,32)(H3,20,23,24,33)/t5-,6+,7+,8-,11+,16+,17+,41?/m0/s1. The lowest BCUT2D eigenvalue weighted by Gasteiger charge is -2.26. The minimum absolute atomic E-state index is 0.0305. The van der Waals surface area contributed by atoms with Gasteiger partial charge in [-0.05, 0) is 6.42 Å². The van der Waals surface area contributed by atoms with Crippen molar-refractivity contribution < 1.29 is 37.1 Å². The van der Waals surface area contributed by atoms with Crippen LogP contribution in [0.25, 0.3) is 22.3 Å². The fourth-order valence-electron chi connectivity index (χ4n) is 4.90. The van der Waals surface area contributed by atoms with E-state index in [0.717, 1.165) is 15.7 Å². The van der Waals surface area contributed by atoms with Gasteiger partial charge in [0.2, 0.25) is 13.2 Å². The van der Waals surface area contributed by atoms with Crippen molar-refractivity contribution >= 4 is 66.6 Å². The van der Waals surface area contributed by atoms with E-state index < -0.39 is 80.7 Å². The molecule has 0 radical (unpaired) electrons. The van der Waals surface area contributed by atoms with Crippen molar-refractivity contribution in [2.24, 2.45) is 0 Å². The second kappa shape index (κ2) is 11.6. The molecule has 0 aliphatic carbocycles. The maximum absolute atomic E-state index is 15.7. The van der Waals surface area contributed by atoms with Crippen LogP contribution in [0.4, 0.5) is 10.3 Å². The van der Waals surface area contributed by atoms with Gasteiger partial charge in [-0.3, -0.25) is 23.7 Å². The van der Waals surface area contributed by atoms with Gasteiger partial charge in [0.25, 0.3) is 17.7 Å². The SMILES string of the molecule is Nc1nc2c(nnn2[C@@H]2O[C@H](CO)C[C@H]2P(=O)(S)OC[C@H]2O[C@@H](n3nnc4c(=O)[nH]cnc43)[C@@H](F)[C@@H]2O[PH](=O)S)c(=O)[nH]1. The molecule has 25 heteroatoms. The van der Waals surface area contributed by atoms with Crippen LogP contribution >= 0.6 is 38.3 Å². The summed E-state index contributed by atoms with van der Waals surface area (Å²) in [6, 6.07) is 0. The molecule has 4 aromatic heterocycles. The predicted octanol–water partition coefficient (Wildman–Crippen LogP) is -0.647. The zero-order valence-corrected chi connectivity index (χ0v) is 25.0. The summed E-state index contributed by atoms with van der Waals surface area (Å²) in [5, 5.41) is 24.9. The Balaban J connectivity index is 1.26. The van der Waals surface area contributed by atoms with E-state index in [1.54, 1.807) is 0 Å². The molecule has 232 valence electrons. The first kappa shape index (κ1) is 30.3. The van der Waals surface area contributed by atoms with E-state index in [-0.39, 0.29) is 34.7 Å². The molecule has 20 nitrogen and oxygen atoms in total. The number of nitrogens with two attached hydrogens (primary N) is 1. The number of hydrogen-bond acceptors (Lipinski definition) is 16. The molecule has 2 saturated heterocycles. The van der Waals surface area contributed by atoms with E-state index in [1.807, 2.05) is 0 Å². The number of aliphatic hydroxyl groups is 1. The van der Waals surface area contributed by atoms with E-state index in [1.165, 1.54) is 0 Å². The maximum Gasteiger partial charge on any atom is 0.282 e. The number of ether oxygens (including phenoxy) is 2. The predicted molar refractivity (Wildman–Crippen MR) is 150 cm³/mol. The lowest BCUT2D eigenvalue weighted by atomic mass is 10.1. The number of alkyl halides is 1. The van der Waals surface area contributed by atoms with Crippen LogP contribution in [-0.4, -0.2) is 98.4 Å². The number of H-pyrrole nitrogens is 2. The van der Waals surface area contributed by atoms with E-state index in [2.05, 4.69) is 65.1 Å². The number of halogens is 1. The average molecular weight is 682 g/mol. The van der Waals surface area contributed by atoms with Crippen LogP contribution in [0.3, 0.4) is 0 Å². The molecule has 4 aromatic rings. The van der Waals surface area contributed by atoms with E-state index in [9.17, 15) is 23.8 Å². The third-order valence-corrected chi connectivity index (χ3v) is 10.7. The zero-order chi connectivity index (χ0) is 30.6. The average Bonchev–Trinajstić information content (AvgIpc) is 3.73. The first-order valence-electron chi connectivity index (χ1n) is 12.3. The van der Waals surface area contributed by atoms with Crippen LogP contribution in [-0.2, 0) is 27.7 Å². The number of anilines is 1. The van der Waals surface area contributed by atoms with Crippen LogP contribution < -0.4 is 16.9 Å². The third kappa shape index (κ3) is 5.53. The van der Waals surface area contributed by atoms with Gasteiger partial charge in [0.15, 0.2) is 41.0 Å². The van der Waals surface area contributed by atoms with Crippen molar-refractivity contribution in [2.45, 2.75) is 49.0 Å². The molecule has 6 heterocycles. The molecular weight excluding hydrogens is 659 g/mol. The normalized spacial score (nSPS) is 29.8. The second-order valence-corrected chi connectivity index (χ2v) is 15.0. The Hall–Kier alpha value is -2.75. The molecule has 0 spiro atoms. The molecule has 0 amide bonds. The van der Waals surface area contributed by atoms with Crippen LogP contribution in [0.15, 0.2) is 15.9 Å². The Morgan fingerprint density at radius 1 is 1.19 bits per heavy atom. The molecule has 5 N–H and O–H groups in total. The highest BCUT2D eigenvalue weighted by molar-refractivity contribution is 8.46. The lowest BCUT2D eigenvalue weighted by Crippen LogP contribution is -2.33. The number of aromatic amines is 2. The summed E-state index contributed by atoms with van der Waals surface area (Å²) < 4.78 is 65.9. The van der Waals surface area contributed by atoms with Crippen molar-refractivity contribution in [1.82, 2.24) is 49.9 Å². The van der Waals surface area contributed by atoms with Crippen LogP contribution in [0.2, 0.25) is 0 Å². The number of nitrogen functional groups attached to an aromatic ring is 1. The van der Waals surface area contributed by atoms with Gasteiger partial charge in [-0.25, -0.2) is 9.37 Å². The minimum Gasteiger partial charge on any atom is -0.394 e. The monoisotopic (exact) mass is 681 g/mol. The number of hydrogen-bond donors (Lipinski definition) is 6. The summed E-state index contributed by atoms with van der Waals surface area (Å²) in [7, 11) is -3.01. The summed E-state index contributed by atoms with van der Waals surface area (Å²) in [5.74, 6) is -0.234. The second-order valence-electron chi connectivity index (χ2n) is 9.45. The summed E-state index contributed by atoms with van der Waals surface area (Å²) in [6.45, 7) is -5.12. The van der Waals surface area contributed by atoms with Gasteiger partial charge in [0, 0.05) is 0 Å². The fourth-order valence-corrected chi connectivity index (χ4v) is 8.17. The van der Waals surface area contributed by atoms with Crippen molar-refractivity contribution in [3.8, 4) is 0 Å². The topological polar surface area (TPSA) is 270 Å². The van der Waals surface area contributed by atoms with Gasteiger partial charge in [0.05, 0.1) is 31.3 Å². The van der Waals surface area contributed by atoms with Crippen LogP contribution in [0.1, 0.15) is 18.9 Å². The molecule has 9 atom stereocenters. The number of nitrogens with one attached hydrogen (secondary N) is 2. The Kier molecular flexibility index (Phi) is 8.20. The number of aliphatic hydroxyl groups excluding tert-OH is 1. The van der Waals surface area contributed by atoms with Crippen LogP contribution in [0, 0.1) is 0 Å². The zero-order valence-electron chi connectivity index (χ0n) is 21.3. The van der Waals surface area contributed by atoms with Crippen molar-refractivity contribution in [3.63, 3.8) is 0 Å². The van der Waals surface area contributed by atoms with Gasteiger partial charge < -0.3 is 34.3 Å². The molecule has 2 unspecified atom stereocenters. The van der Waals surface area contributed by atoms with Gasteiger partial charge in [0.1, 0.15) is 12.2 Å². The number of aromatic nitrogens is 10. The van der Waals surface area contributed by atoms with E-state index in [4.69, 9.17) is 24.3 Å². The quantitative estimate of drug-likeness (QED) is 0.0946. The molecule has 0 saturated carbocycles. The number of fused-ring (bicyclic) bond motifs is 2. The van der Waals surface area contributed by atoms with Crippen LogP contribution in [0.5, 0.6) is 0 Å². The van der Waals surface area contributed by atoms with Gasteiger partial charge >= 0.3 is 0 Å².